The molecule has 88 heavy (non-hydrogen) atoms. The van der Waals surface area contributed by atoms with Gasteiger partial charge in [0.2, 0.25) is 0 Å². The quantitative estimate of drug-likeness (QED) is 0.0538. The molecule has 24 heteroatoms. The van der Waals surface area contributed by atoms with Crippen molar-refractivity contribution in [3.8, 4) is 56.8 Å². The lowest BCUT2D eigenvalue weighted by Crippen LogP contribution is -2.35. The van der Waals surface area contributed by atoms with Crippen LogP contribution in [0.1, 0.15) is 13.8 Å². The first-order valence-corrected chi connectivity index (χ1v) is 40.6. The molecule has 12 rings (SSSR count). The second-order valence-electron chi connectivity index (χ2n) is 25.5. The minimum atomic E-state index is -2.30. The maximum Gasteiger partial charge on any atom is 0.301 e. The third-order valence-corrected chi connectivity index (χ3v) is 22.9. The van der Waals surface area contributed by atoms with Crippen LogP contribution in [0.4, 0.5) is 5.69 Å². The topological polar surface area (TPSA) is 205 Å². The average Bonchev–Trinajstić information content (AvgIpc) is 1.84. The normalized spacial score (nSPS) is 22.4. The number of nitrogens with zero attached hydrogens (tertiary/aromatic N) is 7. The minimum Gasteiger partial charge on any atom is -0.456 e. The molecule has 4 saturated heterocycles. The van der Waals surface area contributed by atoms with E-state index in [0.29, 0.717) is 81.3 Å². The monoisotopic (exact) mass is 1360 g/mol. The van der Waals surface area contributed by atoms with E-state index in [1.165, 1.54) is 0 Å². The fourth-order valence-corrected chi connectivity index (χ4v) is 13.6. The molecular formula is C64H76BrCl2N7O11SSi2. The third-order valence-electron chi connectivity index (χ3n) is 16.0. The van der Waals surface area contributed by atoms with Gasteiger partial charge in [0, 0.05) is 56.5 Å². The maximum atomic E-state index is 12.7. The summed E-state index contributed by atoms with van der Waals surface area (Å²) in [6.07, 6.45) is -2.03. The molecule has 0 saturated carbocycles. The van der Waals surface area contributed by atoms with Crippen LogP contribution in [-0.2, 0) is 51.6 Å². The van der Waals surface area contributed by atoms with Gasteiger partial charge in [0.05, 0.1) is 63.3 Å². The molecule has 0 bridgehead atoms. The summed E-state index contributed by atoms with van der Waals surface area (Å²) in [5.41, 5.74) is 10.4. The molecule has 4 aliphatic rings. The Morgan fingerprint density at radius 1 is 0.580 bits per heavy atom. The van der Waals surface area contributed by atoms with Gasteiger partial charge < -0.3 is 48.1 Å². The van der Waals surface area contributed by atoms with Crippen molar-refractivity contribution in [2.75, 3.05) is 45.9 Å². The summed E-state index contributed by atoms with van der Waals surface area (Å²) < 4.78 is 69.9. The van der Waals surface area contributed by atoms with Crippen molar-refractivity contribution in [1.29, 1.82) is 0 Å². The average molecular weight is 1360 g/mol. The van der Waals surface area contributed by atoms with E-state index in [0.717, 1.165) is 49.9 Å². The predicted octanol–water partition coefficient (Wildman–Crippen LogP) is 13.2. The minimum absolute atomic E-state index is 0.0270. The smallest absolute Gasteiger partial charge is 0.301 e. The van der Waals surface area contributed by atoms with Crippen LogP contribution in [-0.4, -0.2) is 160 Å². The largest absolute Gasteiger partial charge is 0.456 e. The van der Waals surface area contributed by atoms with Crippen molar-refractivity contribution < 1.29 is 52.3 Å². The van der Waals surface area contributed by atoms with Crippen molar-refractivity contribution in [3.63, 3.8) is 0 Å². The Labute approximate surface area is 534 Å². The lowest BCUT2D eigenvalue weighted by atomic mass is 10.0. The number of pyridine rings is 2. The van der Waals surface area contributed by atoms with Gasteiger partial charge in [-0.05, 0) is 70.7 Å². The molecule has 18 nitrogen and oxygen atoms in total. The van der Waals surface area contributed by atoms with Gasteiger partial charge in [-0.25, -0.2) is 14.2 Å². The van der Waals surface area contributed by atoms with E-state index in [9.17, 15) is 14.4 Å². The van der Waals surface area contributed by atoms with Crippen molar-refractivity contribution in [3.05, 3.63) is 124 Å². The first kappa shape index (κ1) is 64.4. The van der Waals surface area contributed by atoms with Crippen LogP contribution in [0.3, 0.4) is 0 Å². The van der Waals surface area contributed by atoms with Gasteiger partial charge in [-0.15, -0.1) is 0 Å². The molecule has 468 valence electrons. The van der Waals surface area contributed by atoms with Crippen molar-refractivity contribution in [1.82, 2.24) is 29.1 Å². The van der Waals surface area contributed by atoms with E-state index in [-0.39, 0.29) is 50.7 Å². The zero-order chi connectivity index (χ0) is 62.2. The number of rotatable bonds is 20. The van der Waals surface area contributed by atoms with Crippen molar-refractivity contribution in [2.45, 2.75) is 133 Å². The molecule has 8 aromatic rings. The van der Waals surface area contributed by atoms with E-state index in [1.807, 2.05) is 102 Å². The van der Waals surface area contributed by atoms with E-state index in [1.54, 1.807) is 12.3 Å². The zero-order valence-electron chi connectivity index (χ0n) is 50.9. The molecule has 1 unspecified atom stereocenters. The first-order valence-electron chi connectivity index (χ1n) is 29.7. The van der Waals surface area contributed by atoms with E-state index in [4.69, 9.17) is 81.0 Å². The molecule has 0 amide bonds. The summed E-state index contributed by atoms with van der Waals surface area (Å²) >= 11 is 17.1. The first-order chi connectivity index (χ1) is 41.9. The van der Waals surface area contributed by atoms with E-state index in [2.05, 4.69) is 83.8 Å². The summed E-state index contributed by atoms with van der Waals surface area (Å²) in [7, 11) is -4.85. The van der Waals surface area contributed by atoms with Crippen LogP contribution in [0.25, 0.3) is 67.1 Å². The Morgan fingerprint density at radius 2 is 0.943 bits per heavy atom. The highest BCUT2D eigenvalue weighted by atomic mass is 79.9. The number of aromatic nitrogens is 6. The van der Waals surface area contributed by atoms with Crippen LogP contribution in [0.5, 0.6) is 12.0 Å². The Bertz CT molecular complexity index is 3880. The molecular weight excluding hydrogens is 1280 g/mol. The van der Waals surface area contributed by atoms with Gasteiger partial charge in [0.1, 0.15) is 61.1 Å². The number of ether oxygens (including phenoxy) is 8. The Balaban J connectivity index is 0.000000184. The van der Waals surface area contributed by atoms with Gasteiger partial charge in [-0.2, -0.15) is 14.3 Å². The molecule has 0 spiro atoms. The number of halogens is 3. The van der Waals surface area contributed by atoms with E-state index < -0.39 is 62.5 Å². The summed E-state index contributed by atoms with van der Waals surface area (Å²) in [5, 5.41) is 21.3. The number of imidazole rings is 2. The Hall–Kier alpha value is -5.16. The number of aliphatic hydroxyl groups is 2. The lowest BCUT2D eigenvalue weighted by molar-refractivity contribution is 0.00332. The fourth-order valence-electron chi connectivity index (χ4n) is 10.6. The third kappa shape index (κ3) is 14.9. The number of hydrogen-bond donors (Lipinski definition) is 2. The number of fused-ring (bicyclic) bond motifs is 4. The molecule has 0 radical (unpaired) electrons. The van der Waals surface area contributed by atoms with Gasteiger partial charge >= 0.3 is 12.0 Å². The van der Waals surface area contributed by atoms with Crippen LogP contribution < -0.4 is 9.47 Å². The highest BCUT2D eigenvalue weighted by molar-refractivity contribution is 9.10. The molecule has 4 aromatic carbocycles. The molecule has 8 heterocycles. The summed E-state index contributed by atoms with van der Waals surface area (Å²) in [6.45, 7) is 20.5. The Kier molecular flexibility index (Phi) is 19.7. The van der Waals surface area contributed by atoms with Crippen LogP contribution in [0.15, 0.2) is 118 Å². The molecule has 4 aliphatic heterocycles. The SMILES string of the molecule is CC(C)S(C)(=O)=Nc1ccc(-c2ccc(-c3nc4c(cc3Cl)nc(O[C@@H]3CO[C@H]5[C@@H]3OC[C@H]5O)n4COCC[Si](C)(C)C)cc2)cc1.C[Si](C)(C)CCOCn1c(O[C@@H]2CO[C@H]3[C@@H]2OC[C@H]3O)nc2cc(Cl)c(-c3ccc(-c4ccc(Br)cc4)cc3)nc21. The summed E-state index contributed by atoms with van der Waals surface area (Å²) in [5.74, 6) is 0. The molecule has 9 atom stereocenters. The number of hydrogen-bond acceptors (Lipinski definition) is 16. The fraction of sp³-hybridized carbons (Fsp3) is 0.438. The van der Waals surface area contributed by atoms with Gasteiger partial charge in [0.15, 0.2) is 23.5 Å². The second kappa shape index (κ2) is 27.0. The molecule has 4 fully saturated rings. The summed E-state index contributed by atoms with van der Waals surface area (Å²) in [4.78, 5) is 19.4. The van der Waals surface area contributed by atoms with Gasteiger partial charge in [-0.3, -0.25) is 9.13 Å². The highest BCUT2D eigenvalue weighted by Gasteiger charge is 2.50. The number of aliphatic hydroxyl groups excluding tert-OH is 2. The van der Waals surface area contributed by atoms with Crippen LogP contribution >= 0.6 is 39.1 Å². The number of benzene rings is 4. The molecule has 2 N–H and O–H groups in total. The van der Waals surface area contributed by atoms with Crippen molar-refractivity contribution >= 4 is 93.0 Å². The molecule has 4 aromatic heterocycles. The van der Waals surface area contributed by atoms with Crippen LogP contribution in [0, 0.1) is 0 Å². The molecule has 0 aliphatic carbocycles. The van der Waals surface area contributed by atoms with Crippen LogP contribution in [0.2, 0.25) is 61.4 Å². The van der Waals surface area contributed by atoms with Gasteiger partial charge in [0.25, 0.3) is 0 Å². The second-order valence-corrected chi connectivity index (χ2v) is 41.3. The van der Waals surface area contributed by atoms with Crippen molar-refractivity contribution in [2.24, 2.45) is 4.36 Å². The highest BCUT2D eigenvalue weighted by Crippen LogP contribution is 2.38. The summed E-state index contributed by atoms with van der Waals surface area (Å²) in [6, 6.07) is 38.6. The standard InChI is InChI=1S/C34H43ClN4O6SSi.C30H33BrClN3O5Si/c1-21(2)46(3,41)38-25-13-11-23(12-14-25)22-7-9-24(10-8-22)30-26(35)17-27-33(37-30)39(20-42-15-16-47(4,5)6)34(36-27)45-29-19-44-31-28(40)18-43-32(29)31;1-41(2,3)13-12-37-17-35-29-23(33-30(35)40-25-16-39-27-24(36)15-38-28(25)27)14-22(32)26(34-29)20-6-4-18(5-7-20)19-8-10-21(31)11-9-19/h7-14,17,21,28-29,31-32,40H,15-16,18-20H2,1-6H3;4-11,14,24-25,27-28,36H,12-13,15-17H2,1-3H3/t28-,29-,31-,32-,46?;24-,25-,27-,28-/m11/s1. The Morgan fingerprint density at radius 3 is 1.33 bits per heavy atom. The zero-order valence-corrected chi connectivity index (χ0v) is 56.8. The maximum absolute atomic E-state index is 12.7. The predicted molar refractivity (Wildman–Crippen MR) is 354 cm³/mol. The van der Waals surface area contributed by atoms with E-state index >= 15 is 0 Å². The van der Waals surface area contributed by atoms with Gasteiger partial charge in [-0.1, -0.05) is 165 Å². The lowest BCUT2D eigenvalue weighted by Gasteiger charge is -2.19.